The van der Waals surface area contributed by atoms with Crippen molar-refractivity contribution in [2.24, 2.45) is 0 Å². The fourth-order valence-electron chi connectivity index (χ4n) is 3.29. The summed E-state index contributed by atoms with van der Waals surface area (Å²) in [7, 11) is -3.47. The van der Waals surface area contributed by atoms with Crippen LogP contribution in [0, 0.1) is 4.77 Å². The lowest BCUT2D eigenvalue weighted by Crippen LogP contribution is -2.28. The SMILES string of the molecule is O=C(NCc1n[nH]c(=S)n1C1CC1)c1ccc(S(=O)(=O)N2CCCC2)cc1. The molecule has 8 nitrogen and oxygen atoms in total. The minimum atomic E-state index is -3.47. The van der Waals surface area contributed by atoms with Crippen LogP contribution in [0.15, 0.2) is 29.2 Å². The number of carbonyl (C=O) groups excluding carboxylic acids is 1. The normalized spacial score (nSPS) is 17.9. The molecule has 27 heavy (non-hydrogen) atoms. The smallest absolute Gasteiger partial charge is 0.251 e. The zero-order valence-corrected chi connectivity index (χ0v) is 16.4. The highest BCUT2D eigenvalue weighted by Gasteiger charge is 2.28. The number of amides is 1. The van der Waals surface area contributed by atoms with E-state index in [2.05, 4.69) is 15.5 Å². The molecule has 0 radical (unpaired) electrons. The summed E-state index contributed by atoms with van der Waals surface area (Å²) in [5.41, 5.74) is 0.405. The maximum Gasteiger partial charge on any atom is 0.251 e. The molecule has 2 aromatic rings. The van der Waals surface area contributed by atoms with Crippen LogP contribution in [-0.2, 0) is 16.6 Å². The van der Waals surface area contributed by atoms with Gasteiger partial charge in [-0.1, -0.05) is 0 Å². The molecule has 2 N–H and O–H groups in total. The zero-order chi connectivity index (χ0) is 19.0. The van der Waals surface area contributed by atoms with Crippen LogP contribution in [0.1, 0.15) is 47.9 Å². The van der Waals surface area contributed by atoms with E-state index in [9.17, 15) is 13.2 Å². The van der Waals surface area contributed by atoms with Gasteiger partial charge in [-0.05, 0) is 62.2 Å². The number of aromatic nitrogens is 3. The van der Waals surface area contributed by atoms with Gasteiger partial charge in [-0.25, -0.2) is 8.42 Å². The second-order valence-corrected chi connectivity index (χ2v) is 9.19. The van der Waals surface area contributed by atoms with Gasteiger partial charge in [-0.2, -0.15) is 9.40 Å². The van der Waals surface area contributed by atoms with Crippen LogP contribution in [0.5, 0.6) is 0 Å². The number of hydrogen-bond acceptors (Lipinski definition) is 5. The maximum absolute atomic E-state index is 12.5. The summed E-state index contributed by atoms with van der Waals surface area (Å²) in [6, 6.07) is 6.43. The topological polar surface area (TPSA) is 100 Å². The van der Waals surface area contributed by atoms with Crippen LogP contribution in [0.4, 0.5) is 0 Å². The van der Waals surface area contributed by atoms with Gasteiger partial charge in [0.25, 0.3) is 5.91 Å². The molecule has 1 amide bonds. The molecular formula is C17H21N5O3S2. The second-order valence-electron chi connectivity index (χ2n) is 6.86. The van der Waals surface area contributed by atoms with Gasteiger partial charge < -0.3 is 5.32 Å². The van der Waals surface area contributed by atoms with E-state index in [-0.39, 0.29) is 17.3 Å². The van der Waals surface area contributed by atoms with Crippen LogP contribution >= 0.6 is 12.2 Å². The molecule has 144 valence electrons. The lowest BCUT2D eigenvalue weighted by Gasteiger charge is -2.15. The fourth-order valence-corrected chi connectivity index (χ4v) is 5.11. The molecule has 2 aliphatic rings. The first-order valence-electron chi connectivity index (χ1n) is 9.01. The first kappa shape index (κ1) is 18.3. The van der Waals surface area contributed by atoms with Gasteiger partial charge in [0.1, 0.15) is 0 Å². The number of aromatic amines is 1. The van der Waals surface area contributed by atoms with Crippen LogP contribution in [0.3, 0.4) is 0 Å². The number of carbonyl (C=O) groups is 1. The third kappa shape index (κ3) is 3.69. The molecular weight excluding hydrogens is 386 g/mol. The highest BCUT2D eigenvalue weighted by Crippen LogP contribution is 2.35. The van der Waals surface area contributed by atoms with Crippen molar-refractivity contribution in [3.63, 3.8) is 0 Å². The molecule has 1 aliphatic carbocycles. The van der Waals surface area contributed by atoms with Crippen LogP contribution in [-0.4, -0.2) is 46.5 Å². The predicted molar refractivity (Wildman–Crippen MR) is 101 cm³/mol. The first-order valence-corrected chi connectivity index (χ1v) is 10.9. The lowest BCUT2D eigenvalue weighted by atomic mass is 10.2. The third-order valence-electron chi connectivity index (χ3n) is 4.92. The number of H-pyrrole nitrogens is 1. The van der Waals surface area contributed by atoms with Crippen molar-refractivity contribution in [1.82, 2.24) is 24.4 Å². The lowest BCUT2D eigenvalue weighted by molar-refractivity contribution is 0.0949. The van der Waals surface area contributed by atoms with Crippen LogP contribution in [0.2, 0.25) is 0 Å². The molecule has 2 fully saturated rings. The van der Waals surface area contributed by atoms with E-state index >= 15 is 0 Å². The Morgan fingerprint density at radius 2 is 1.89 bits per heavy atom. The van der Waals surface area contributed by atoms with E-state index < -0.39 is 10.0 Å². The molecule has 0 atom stereocenters. The number of sulfonamides is 1. The van der Waals surface area contributed by atoms with E-state index in [1.165, 1.54) is 28.6 Å². The van der Waals surface area contributed by atoms with Gasteiger partial charge in [-0.3, -0.25) is 14.5 Å². The van der Waals surface area contributed by atoms with Gasteiger partial charge in [-0.15, -0.1) is 0 Å². The second kappa shape index (κ2) is 7.17. The van der Waals surface area contributed by atoms with Crippen LogP contribution < -0.4 is 5.32 Å². The van der Waals surface area contributed by atoms with Gasteiger partial charge >= 0.3 is 0 Å². The summed E-state index contributed by atoms with van der Waals surface area (Å²) in [6.45, 7) is 1.37. The number of rotatable bonds is 6. The molecule has 1 aliphatic heterocycles. The standard InChI is InChI=1S/C17H21N5O3S2/c23-16(18-11-15-19-20-17(26)22(15)13-5-6-13)12-3-7-14(8-4-12)27(24,25)21-9-1-2-10-21/h3-4,7-8,13H,1-2,5-6,9-11H2,(H,18,23)(H,20,26). The van der Waals surface area contributed by atoms with E-state index in [1.54, 1.807) is 0 Å². The Morgan fingerprint density at radius 1 is 1.22 bits per heavy atom. The first-order chi connectivity index (χ1) is 13.0. The van der Waals surface area contributed by atoms with Gasteiger partial charge in [0.2, 0.25) is 10.0 Å². The van der Waals surface area contributed by atoms with Gasteiger partial charge in [0, 0.05) is 24.7 Å². The summed E-state index contributed by atoms with van der Waals surface area (Å²) in [4.78, 5) is 12.6. The molecule has 0 unspecified atom stereocenters. The largest absolute Gasteiger partial charge is 0.345 e. The maximum atomic E-state index is 12.5. The Labute approximate surface area is 162 Å². The van der Waals surface area contributed by atoms with E-state index in [0.717, 1.165) is 25.7 Å². The van der Waals surface area contributed by atoms with Gasteiger partial charge in [0.15, 0.2) is 10.6 Å². The molecule has 0 bridgehead atoms. The summed E-state index contributed by atoms with van der Waals surface area (Å²) in [5, 5.41) is 9.76. The number of nitrogens with one attached hydrogen (secondary N) is 2. The van der Waals surface area contributed by atoms with Gasteiger partial charge in [0.05, 0.1) is 11.4 Å². The Kier molecular flexibility index (Phi) is 4.87. The van der Waals surface area contributed by atoms with E-state index in [1.807, 2.05) is 4.57 Å². The third-order valence-corrected chi connectivity index (χ3v) is 7.12. The molecule has 1 aromatic carbocycles. The predicted octanol–water partition coefficient (Wildman–Crippen LogP) is 1.99. The van der Waals surface area contributed by atoms with E-state index in [0.29, 0.717) is 35.3 Å². The van der Waals surface area contributed by atoms with Crippen molar-refractivity contribution in [2.75, 3.05) is 13.1 Å². The Bertz CT molecular complexity index is 1000. The summed E-state index contributed by atoms with van der Waals surface area (Å²) < 4.78 is 29.1. The average Bonchev–Trinajstić information content (AvgIpc) is 3.19. The number of nitrogens with zero attached hydrogens (tertiary/aromatic N) is 3. The Balaban J connectivity index is 1.43. The molecule has 2 heterocycles. The zero-order valence-electron chi connectivity index (χ0n) is 14.7. The highest BCUT2D eigenvalue weighted by atomic mass is 32.2. The minimum Gasteiger partial charge on any atom is -0.345 e. The van der Waals surface area contributed by atoms with Crippen molar-refractivity contribution >= 4 is 28.1 Å². The molecule has 1 saturated carbocycles. The fraction of sp³-hybridized carbons (Fsp3) is 0.471. The number of hydrogen-bond donors (Lipinski definition) is 2. The van der Waals surface area contributed by atoms with Crippen LogP contribution in [0.25, 0.3) is 0 Å². The van der Waals surface area contributed by atoms with E-state index in [4.69, 9.17) is 12.2 Å². The summed E-state index contributed by atoms with van der Waals surface area (Å²) >= 11 is 5.23. The molecule has 10 heteroatoms. The molecule has 1 aromatic heterocycles. The van der Waals surface area contributed by atoms with Crippen molar-refractivity contribution in [1.29, 1.82) is 0 Å². The Morgan fingerprint density at radius 3 is 2.52 bits per heavy atom. The van der Waals surface area contributed by atoms with Crippen molar-refractivity contribution in [3.05, 3.63) is 40.4 Å². The molecule has 4 rings (SSSR count). The van der Waals surface area contributed by atoms with Crippen molar-refractivity contribution in [3.8, 4) is 0 Å². The number of benzene rings is 1. The molecule has 1 saturated heterocycles. The summed E-state index contributed by atoms with van der Waals surface area (Å²) in [6.07, 6.45) is 3.92. The average molecular weight is 408 g/mol. The Hall–Kier alpha value is -2.04. The quantitative estimate of drug-likeness (QED) is 0.714. The summed E-state index contributed by atoms with van der Waals surface area (Å²) in [5.74, 6) is 0.417. The monoisotopic (exact) mass is 407 g/mol. The van der Waals surface area contributed by atoms with Crippen molar-refractivity contribution < 1.29 is 13.2 Å². The van der Waals surface area contributed by atoms with Crippen molar-refractivity contribution in [2.45, 2.75) is 43.2 Å². The highest BCUT2D eigenvalue weighted by molar-refractivity contribution is 7.89. The minimum absolute atomic E-state index is 0.218. The molecule has 0 spiro atoms.